The zero-order valence-electron chi connectivity index (χ0n) is 13.1. The van der Waals surface area contributed by atoms with Crippen LogP contribution in [0.15, 0.2) is 12.1 Å². The first-order valence-corrected chi connectivity index (χ1v) is 7.56. The molecule has 0 spiro atoms. The molecule has 6 nitrogen and oxygen atoms in total. The molecule has 0 saturated carbocycles. The highest BCUT2D eigenvalue weighted by Crippen LogP contribution is 2.35. The van der Waals surface area contributed by atoms with E-state index in [1.54, 1.807) is 13.8 Å². The summed E-state index contributed by atoms with van der Waals surface area (Å²) in [5, 5.41) is 2.16. The lowest BCUT2D eigenvalue weighted by molar-refractivity contribution is -0.164. The van der Waals surface area contributed by atoms with Crippen molar-refractivity contribution in [3.05, 3.63) is 28.8 Å². The van der Waals surface area contributed by atoms with Crippen LogP contribution in [0.25, 0.3) is 0 Å². The Morgan fingerprint density at radius 2 is 1.96 bits per heavy atom. The van der Waals surface area contributed by atoms with E-state index in [4.69, 9.17) is 21.1 Å². The highest BCUT2D eigenvalue weighted by molar-refractivity contribution is 6.31. The minimum absolute atomic E-state index is 0.206. The molecule has 2 aliphatic heterocycles. The molecular weight excluding hydrogens is 346 g/mol. The van der Waals surface area contributed by atoms with Crippen LogP contribution in [0.2, 0.25) is 5.02 Å². The summed E-state index contributed by atoms with van der Waals surface area (Å²) in [6, 6.07) is 0.557. The Labute approximate surface area is 141 Å². The number of nitrogens with zero attached hydrogens (tertiary/aromatic N) is 1. The molecule has 2 heterocycles. The Kier molecular flexibility index (Phi) is 4.01. The maximum Gasteiger partial charge on any atom is 0.252 e. The fourth-order valence-electron chi connectivity index (χ4n) is 2.85. The van der Waals surface area contributed by atoms with Gasteiger partial charge in [-0.15, -0.1) is 0 Å². The summed E-state index contributed by atoms with van der Waals surface area (Å²) in [6.45, 7) is 3.26. The number of nitrogens with one attached hydrogen (secondary N) is 1. The van der Waals surface area contributed by atoms with Crippen molar-refractivity contribution in [1.82, 2.24) is 5.32 Å². The summed E-state index contributed by atoms with van der Waals surface area (Å²) < 4.78 is 38.3. The molecule has 0 bridgehead atoms. The van der Waals surface area contributed by atoms with E-state index in [2.05, 4.69) is 5.32 Å². The summed E-state index contributed by atoms with van der Waals surface area (Å²) in [5.41, 5.74) is -0.206. The number of amides is 2. The van der Waals surface area contributed by atoms with Gasteiger partial charge in [0.25, 0.3) is 11.8 Å². The molecular formula is C15H15ClF2N2O4. The second kappa shape index (κ2) is 5.65. The molecule has 2 fully saturated rings. The lowest BCUT2D eigenvalue weighted by Gasteiger charge is -2.25. The number of carbonyl (C=O) groups is 2. The molecule has 1 aromatic rings. The smallest absolute Gasteiger partial charge is 0.252 e. The Morgan fingerprint density at radius 3 is 2.62 bits per heavy atom. The van der Waals surface area contributed by atoms with Crippen molar-refractivity contribution in [2.24, 2.45) is 0 Å². The van der Waals surface area contributed by atoms with Crippen LogP contribution >= 0.6 is 11.6 Å². The highest BCUT2D eigenvalue weighted by atomic mass is 35.5. The van der Waals surface area contributed by atoms with Gasteiger partial charge in [0.2, 0.25) is 0 Å². The van der Waals surface area contributed by atoms with Gasteiger partial charge in [-0.3, -0.25) is 9.59 Å². The summed E-state index contributed by atoms with van der Waals surface area (Å²) in [5.74, 6) is -3.98. The molecule has 0 radical (unpaired) electrons. The van der Waals surface area contributed by atoms with Crippen LogP contribution in [0.5, 0.6) is 0 Å². The lowest BCUT2D eigenvalue weighted by Crippen LogP contribution is -2.49. The minimum Gasteiger partial charge on any atom is -0.341 e. The molecule has 9 heteroatoms. The maximum atomic E-state index is 14.0. The number of anilines is 1. The molecule has 1 N–H and O–H groups in total. The standard InChI is InChI=1S/C15H15ClF2N2O4/c1-15(2)23-11-10(19-13(21)12(11)24-15)14(22)20(3)9-4-6(16)7(17)5-8(9)18/h4-5,10-12H,1-3H3,(H,19,21)/t10?,11?,12-/m0/s1. The molecule has 3 rings (SSSR count). The van der Waals surface area contributed by atoms with Crippen molar-refractivity contribution in [2.75, 3.05) is 11.9 Å². The van der Waals surface area contributed by atoms with Gasteiger partial charge in [-0.05, 0) is 19.9 Å². The fraction of sp³-hybridized carbons (Fsp3) is 0.467. The number of carbonyl (C=O) groups excluding carboxylic acids is 2. The zero-order valence-corrected chi connectivity index (χ0v) is 13.9. The van der Waals surface area contributed by atoms with E-state index in [0.717, 1.165) is 11.0 Å². The lowest BCUT2D eigenvalue weighted by atomic mass is 10.1. The van der Waals surface area contributed by atoms with Gasteiger partial charge < -0.3 is 19.7 Å². The first kappa shape index (κ1) is 17.1. The van der Waals surface area contributed by atoms with E-state index < -0.39 is 47.5 Å². The van der Waals surface area contributed by atoms with Crippen molar-refractivity contribution in [3.63, 3.8) is 0 Å². The predicted octanol–water partition coefficient (Wildman–Crippen LogP) is 1.60. The fourth-order valence-corrected chi connectivity index (χ4v) is 3.01. The van der Waals surface area contributed by atoms with Gasteiger partial charge in [-0.2, -0.15) is 0 Å². The monoisotopic (exact) mass is 360 g/mol. The van der Waals surface area contributed by atoms with E-state index in [9.17, 15) is 18.4 Å². The average molecular weight is 361 g/mol. The van der Waals surface area contributed by atoms with Gasteiger partial charge >= 0.3 is 0 Å². The van der Waals surface area contributed by atoms with Crippen molar-refractivity contribution in [2.45, 2.75) is 37.9 Å². The van der Waals surface area contributed by atoms with Gasteiger partial charge in [0.05, 0.1) is 10.7 Å². The van der Waals surface area contributed by atoms with E-state index in [-0.39, 0.29) is 10.7 Å². The summed E-state index contributed by atoms with van der Waals surface area (Å²) in [4.78, 5) is 25.6. The number of hydrogen-bond donors (Lipinski definition) is 1. The van der Waals surface area contributed by atoms with Crippen molar-refractivity contribution >= 4 is 29.1 Å². The molecule has 0 aromatic heterocycles. The second-order valence-corrected chi connectivity index (χ2v) is 6.53. The first-order valence-electron chi connectivity index (χ1n) is 7.19. The van der Waals surface area contributed by atoms with Crippen LogP contribution in [-0.2, 0) is 19.1 Å². The topological polar surface area (TPSA) is 67.9 Å². The quantitative estimate of drug-likeness (QED) is 0.813. The van der Waals surface area contributed by atoms with E-state index in [1.807, 2.05) is 0 Å². The van der Waals surface area contributed by atoms with Crippen LogP contribution in [0.4, 0.5) is 14.5 Å². The third-order valence-corrected chi connectivity index (χ3v) is 4.25. The SMILES string of the molecule is CN(C(=O)C1NC(=O)[C@H]2OC(C)(C)OC12)c1cc(Cl)c(F)cc1F. The third kappa shape index (κ3) is 2.74. The van der Waals surface area contributed by atoms with Crippen molar-refractivity contribution < 1.29 is 27.8 Å². The van der Waals surface area contributed by atoms with Crippen LogP contribution in [-0.4, -0.2) is 42.9 Å². The number of halogens is 3. The van der Waals surface area contributed by atoms with Gasteiger partial charge in [0, 0.05) is 13.1 Å². The largest absolute Gasteiger partial charge is 0.341 e. The summed E-state index contributed by atoms with van der Waals surface area (Å²) in [7, 11) is 1.30. The number of likely N-dealkylation sites (N-methyl/N-ethyl adjacent to an activating group) is 1. The minimum atomic E-state index is -1.04. The Morgan fingerprint density at radius 1 is 1.29 bits per heavy atom. The third-order valence-electron chi connectivity index (χ3n) is 3.96. The highest BCUT2D eigenvalue weighted by Gasteiger charge is 2.56. The Bertz CT molecular complexity index is 728. The average Bonchev–Trinajstić information content (AvgIpc) is 2.96. The predicted molar refractivity (Wildman–Crippen MR) is 80.5 cm³/mol. The molecule has 24 heavy (non-hydrogen) atoms. The van der Waals surface area contributed by atoms with E-state index in [1.165, 1.54) is 7.05 Å². The number of hydrogen-bond acceptors (Lipinski definition) is 4. The second-order valence-electron chi connectivity index (χ2n) is 6.12. The normalized spacial score (nSPS) is 27.8. The molecule has 3 atom stereocenters. The van der Waals surface area contributed by atoms with Crippen LogP contribution in [0.3, 0.4) is 0 Å². The molecule has 0 aliphatic carbocycles. The van der Waals surface area contributed by atoms with Crippen LogP contribution in [0, 0.1) is 11.6 Å². The summed E-state index contributed by atoms with van der Waals surface area (Å²) >= 11 is 5.65. The number of benzene rings is 1. The van der Waals surface area contributed by atoms with Crippen LogP contribution < -0.4 is 10.2 Å². The number of rotatable bonds is 2. The van der Waals surface area contributed by atoms with Gasteiger partial charge in [-0.25, -0.2) is 8.78 Å². The van der Waals surface area contributed by atoms with Crippen molar-refractivity contribution in [1.29, 1.82) is 0 Å². The van der Waals surface area contributed by atoms with Crippen molar-refractivity contribution in [3.8, 4) is 0 Å². The Balaban J connectivity index is 1.87. The zero-order chi connectivity index (χ0) is 17.8. The van der Waals surface area contributed by atoms with E-state index >= 15 is 0 Å². The maximum absolute atomic E-state index is 14.0. The van der Waals surface area contributed by atoms with E-state index in [0.29, 0.717) is 6.07 Å². The number of fused-ring (bicyclic) bond motifs is 1. The molecule has 2 aliphatic rings. The summed E-state index contributed by atoms with van der Waals surface area (Å²) in [6.07, 6.45) is -1.74. The van der Waals surface area contributed by atoms with Gasteiger partial charge in [-0.1, -0.05) is 11.6 Å². The van der Waals surface area contributed by atoms with Gasteiger partial charge in [0.15, 0.2) is 11.9 Å². The van der Waals surface area contributed by atoms with Gasteiger partial charge in [0.1, 0.15) is 23.8 Å². The molecule has 2 saturated heterocycles. The Hall–Kier alpha value is -1.77. The molecule has 2 amide bonds. The number of ether oxygens (including phenoxy) is 2. The molecule has 1 aromatic carbocycles. The molecule has 2 unspecified atom stereocenters. The van der Waals surface area contributed by atoms with Crippen LogP contribution in [0.1, 0.15) is 13.8 Å². The first-order chi connectivity index (χ1) is 11.1. The molecule has 130 valence electrons.